The van der Waals surface area contributed by atoms with Crippen molar-refractivity contribution in [2.24, 2.45) is 10.9 Å². The average Bonchev–Trinajstić information content (AvgIpc) is 3.00. The smallest absolute Gasteiger partial charge is 0.360 e. The zero-order chi connectivity index (χ0) is 16.7. The van der Waals surface area contributed by atoms with Crippen LogP contribution in [0.5, 0.6) is 0 Å². The minimum absolute atomic E-state index is 0.116. The molecule has 0 saturated carbocycles. The number of thiazole rings is 1. The number of aliphatic carboxylic acids is 1. The Kier molecular flexibility index (Phi) is 5.78. The van der Waals surface area contributed by atoms with E-state index in [1.165, 1.54) is 5.38 Å². The number of anilines is 1. The lowest BCUT2D eigenvalue weighted by molar-refractivity contribution is -0.129. The number of carboxylic acid groups (broad SMARTS) is 1. The number of hydrogen-bond acceptors (Lipinski definition) is 7. The Balaban J connectivity index is 2.05. The van der Waals surface area contributed by atoms with E-state index < -0.39 is 5.97 Å². The van der Waals surface area contributed by atoms with Crippen molar-refractivity contribution in [3.8, 4) is 0 Å². The van der Waals surface area contributed by atoms with Crippen LogP contribution in [0.1, 0.15) is 16.8 Å². The number of nitrogens with two attached hydrogens (primary N) is 1. The summed E-state index contributed by atoms with van der Waals surface area (Å²) >= 11 is 1.09. The van der Waals surface area contributed by atoms with Gasteiger partial charge in [0.2, 0.25) is 12.1 Å². The summed E-state index contributed by atoms with van der Waals surface area (Å²) in [5.41, 5.74) is 7.11. The molecule has 1 aromatic heterocycles. The van der Waals surface area contributed by atoms with Crippen LogP contribution >= 0.6 is 11.3 Å². The number of oxime groups is 1. The molecule has 1 heterocycles. The number of amides is 1. The van der Waals surface area contributed by atoms with Gasteiger partial charge in [-0.1, -0.05) is 29.4 Å². The van der Waals surface area contributed by atoms with E-state index in [4.69, 9.17) is 10.6 Å². The fourth-order valence-electron chi connectivity index (χ4n) is 1.64. The molecule has 0 aliphatic rings. The second kappa shape index (κ2) is 8.01. The van der Waals surface area contributed by atoms with E-state index in [0.717, 1.165) is 22.5 Å². The van der Waals surface area contributed by atoms with Gasteiger partial charge in [-0.2, -0.15) is 0 Å². The normalized spacial score (nSPS) is 11.1. The number of rotatable bonds is 8. The summed E-state index contributed by atoms with van der Waals surface area (Å²) in [5, 5.41) is 16.9. The summed E-state index contributed by atoms with van der Waals surface area (Å²) in [4.78, 5) is 30.6. The maximum atomic E-state index is 11.2. The molecule has 0 atom stereocenters. The molecule has 2 aromatic rings. The molecule has 4 N–H and O–H groups in total. The first kappa shape index (κ1) is 16.6. The molecule has 0 saturated heterocycles. The van der Waals surface area contributed by atoms with Gasteiger partial charge in [0.25, 0.3) is 0 Å². The number of hydrogen-bond donors (Lipinski definition) is 3. The molecule has 0 spiro atoms. The van der Waals surface area contributed by atoms with Crippen LogP contribution in [0, 0.1) is 0 Å². The van der Waals surface area contributed by atoms with Crippen LogP contribution in [-0.2, 0) is 27.6 Å². The van der Waals surface area contributed by atoms with Crippen molar-refractivity contribution < 1.29 is 19.5 Å². The Bertz CT molecular complexity index is 712. The Labute approximate surface area is 135 Å². The molecule has 0 aliphatic carbocycles. The first-order valence-corrected chi connectivity index (χ1v) is 7.39. The highest BCUT2D eigenvalue weighted by Crippen LogP contribution is 2.16. The molecule has 1 aromatic carbocycles. The summed E-state index contributed by atoms with van der Waals surface area (Å²) < 4.78 is 0. The third kappa shape index (κ3) is 4.59. The number of aromatic nitrogens is 1. The van der Waals surface area contributed by atoms with Crippen LogP contribution in [0.4, 0.5) is 5.13 Å². The minimum atomic E-state index is -1.27. The standard InChI is InChI=1S/C14H14N4O4S/c15-5-9-1-3-10(4-2-9)6-22-18-12(13(20)21)11-7-23-14(17-11)16-8-19/h1-4,7-8H,5-6,15H2,(H,20,21)(H,16,17,19). The van der Waals surface area contributed by atoms with Gasteiger partial charge in [-0.25, -0.2) is 9.78 Å². The van der Waals surface area contributed by atoms with E-state index in [9.17, 15) is 14.7 Å². The summed E-state index contributed by atoms with van der Waals surface area (Å²) in [6.07, 6.45) is 0.460. The fourth-order valence-corrected chi connectivity index (χ4v) is 2.29. The molecule has 2 rings (SSSR count). The SMILES string of the molecule is NCc1ccc(CON=C(C(=O)O)c2csc(NC=O)n2)cc1. The van der Waals surface area contributed by atoms with Gasteiger partial charge >= 0.3 is 5.97 Å². The van der Waals surface area contributed by atoms with Crippen molar-refractivity contribution in [2.45, 2.75) is 13.2 Å². The Hall–Kier alpha value is -2.78. The lowest BCUT2D eigenvalue weighted by atomic mass is 10.1. The first-order chi connectivity index (χ1) is 11.1. The van der Waals surface area contributed by atoms with E-state index in [1.54, 1.807) is 0 Å². The van der Waals surface area contributed by atoms with Gasteiger partial charge in [0.1, 0.15) is 12.3 Å². The average molecular weight is 334 g/mol. The second-order valence-corrected chi connectivity index (χ2v) is 5.20. The lowest BCUT2D eigenvalue weighted by Crippen LogP contribution is -2.15. The zero-order valence-corrected chi connectivity index (χ0v) is 12.7. The second-order valence-electron chi connectivity index (χ2n) is 4.34. The molecule has 0 unspecified atom stereocenters. The number of benzene rings is 1. The van der Waals surface area contributed by atoms with Gasteiger partial charge in [0.15, 0.2) is 5.13 Å². The highest BCUT2D eigenvalue weighted by molar-refractivity contribution is 7.14. The Morgan fingerprint density at radius 1 is 1.39 bits per heavy atom. The molecule has 1 amide bonds. The van der Waals surface area contributed by atoms with Crippen LogP contribution in [0.2, 0.25) is 0 Å². The Morgan fingerprint density at radius 3 is 2.70 bits per heavy atom. The Morgan fingerprint density at radius 2 is 2.09 bits per heavy atom. The van der Waals surface area contributed by atoms with Crippen LogP contribution in [0.3, 0.4) is 0 Å². The number of carbonyl (C=O) groups is 2. The maximum absolute atomic E-state index is 11.2. The third-order valence-corrected chi connectivity index (χ3v) is 3.55. The fraction of sp³-hybridized carbons (Fsp3) is 0.143. The van der Waals surface area contributed by atoms with E-state index in [1.807, 2.05) is 24.3 Å². The number of nitrogens with zero attached hydrogens (tertiary/aromatic N) is 2. The predicted molar refractivity (Wildman–Crippen MR) is 85.1 cm³/mol. The molecular weight excluding hydrogens is 320 g/mol. The zero-order valence-electron chi connectivity index (χ0n) is 11.9. The van der Waals surface area contributed by atoms with Crippen molar-refractivity contribution >= 4 is 34.6 Å². The van der Waals surface area contributed by atoms with Crippen molar-refractivity contribution in [3.63, 3.8) is 0 Å². The van der Waals surface area contributed by atoms with Gasteiger partial charge in [-0.05, 0) is 11.1 Å². The summed E-state index contributed by atoms with van der Waals surface area (Å²) in [7, 11) is 0. The molecule has 0 radical (unpaired) electrons. The largest absolute Gasteiger partial charge is 0.476 e. The molecule has 0 bridgehead atoms. The van der Waals surface area contributed by atoms with Crippen molar-refractivity contribution in [1.29, 1.82) is 0 Å². The van der Waals surface area contributed by atoms with Gasteiger partial charge in [-0.3, -0.25) is 4.79 Å². The molecule has 120 valence electrons. The van der Waals surface area contributed by atoms with E-state index in [-0.39, 0.29) is 23.1 Å². The van der Waals surface area contributed by atoms with Crippen LogP contribution in [-0.4, -0.2) is 28.2 Å². The number of carboxylic acids is 1. The van der Waals surface area contributed by atoms with Crippen LogP contribution in [0.25, 0.3) is 0 Å². The van der Waals surface area contributed by atoms with Crippen LogP contribution < -0.4 is 11.1 Å². The van der Waals surface area contributed by atoms with Crippen molar-refractivity contribution in [1.82, 2.24) is 4.98 Å². The van der Waals surface area contributed by atoms with E-state index in [2.05, 4.69) is 15.5 Å². The molecular formula is C14H14N4O4S. The number of nitrogens with one attached hydrogen (secondary N) is 1. The van der Waals surface area contributed by atoms with Crippen molar-refractivity contribution in [3.05, 3.63) is 46.5 Å². The maximum Gasteiger partial charge on any atom is 0.360 e. The summed E-state index contributed by atoms with van der Waals surface area (Å²) in [6.45, 7) is 0.564. The van der Waals surface area contributed by atoms with Gasteiger partial charge in [0, 0.05) is 11.9 Å². The van der Waals surface area contributed by atoms with Gasteiger partial charge in [0.05, 0.1) is 0 Å². The van der Waals surface area contributed by atoms with E-state index >= 15 is 0 Å². The predicted octanol–water partition coefficient (Wildman–Crippen LogP) is 1.18. The highest BCUT2D eigenvalue weighted by Gasteiger charge is 2.17. The third-order valence-electron chi connectivity index (χ3n) is 2.78. The van der Waals surface area contributed by atoms with Gasteiger partial charge < -0.3 is 21.0 Å². The molecule has 0 fully saturated rings. The van der Waals surface area contributed by atoms with Gasteiger partial charge in [-0.15, -0.1) is 11.3 Å². The van der Waals surface area contributed by atoms with Crippen molar-refractivity contribution in [2.75, 3.05) is 5.32 Å². The first-order valence-electron chi connectivity index (χ1n) is 6.51. The summed E-state index contributed by atoms with van der Waals surface area (Å²) in [5.74, 6) is -1.27. The monoisotopic (exact) mass is 334 g/mol. The lowest BCUT2D eigenvalue weighted by Gasteiger charge is -2.03. The van der Waals surface area contributed by atoms with Crippen LogP contribution in [0.15, 0.2) is 34.8 Å². The summed E-state index contributed by atoms with van der Waals surface area (Å²) in [6, 6.07) is 7.37. The minimum Gasteiger partial charge on any atom is -0.476 e. The van der Waals surface area contributed by atoms with E-state index in [0.29, 0.717) is 13.0 Å². The quantitative estimate of drug-likeness (QED) is 0.378. The highest BCUT2D eigenvalue weighted by atomic mass is 32.1. The molecule has 8 nitrogen and oxygen atoms in total. The molecule has 23 heavy (non-hydrogen) atoms. The molecule has 9 heteroatoms. The number of carbonyl (C=O) groups excluding carboxylic acids is 1. The molecule has 0 aliphatic heterocycles. The topological polar surface area (TPSA) is 127 Å².